The number of aromatic amines is 1. The zero-order chi connectivity index (χ0) is 15.6. The van der Waals surface area contributed by atoms with Crippen LogP contribution in [-0.4, -0.2) is 28.5 Å². The zero-order valence-corrected chi connectivity index (χ0v) is 12.4. The minimum atomic E-state index is -0.843. The number of carboxylic acids is 1. The Morgan fingerprint density at radius 3 is 2.68 bits per heavy atom. The highest BCUT2D eigenvalue weighted by Crippen LogP contribution is 2.44. The van der Waals surface area contributed by atoms with Crippen LogP contribution in [0, 0.1) is 5.41 Å². The Bertz CT molecular complexity index is 668. The normalized spacial score (nSPS) is 16.2. The third kappa shape index (κ3) is 2.84. The van der Waals surface area contributed by atoms with Gasteiger partial charge in [0.2, 0.25) is 5.91 Å². The molecule has 1 aliphatic carbocycles. The van der Waals surface area contributed by atoms with Crippen molar-refractivity contribution in [1.82, 2.24) is 10.3 Å². The van der Waals surface area contributed by atoms with Crippen molar-refractivity contribution in [3.63, 3.8) is 0 Å². The maximum absolute atomic E-state index is 11.9. The fraction of sp³-hybridized carbons (Fsp3) is 0.412. The molecule has 22 heavy (non-hydrogen) atoms. The molecule has 1 fully saturated rings. The Morgan fingerprint density at radius 1 is 1.27 bits per heavy atom. The first-order valence-electron chi connectivity index (χ1n) is 7.66. The molecule has 2 aromatic rings. The van der Waals surface area contributed by atoms with Crippen molar-refractivity contribution in [2.45, 2.75) is 32.1 Å². The largest absolute Gasteiger partial charge is 0.481 e. The number of hydrogen-bond acceptors (Lipinski definition) is 2. The van der Waals surface area contributed by atoms with E-state index in [0.29, 0.717) is 25.8 Å². The van der Waals surface area contributed by atoms with Crippen LogP contribution in [0.15, 0.2) is 30.3 Å². The van der Waals surface area contributed by atoms with Crippen molar-refractivity contribution in [1.29, 1.82) is 0 Å². The molecule has 0 unspecified atom stereocenters. The van der Waals surface area contributed by atoms with Crippen LogP contribution < -0.4 is 5.32 Å². The van der Waals surface area contributed by atoms with Gasteiger partial charge in [-0.2, -0.15) is 0 Å². The Hall–Kier alpha value is -2.30. The summed E-state index contributed by atoms with van der Waals surface area (Å²) in [6.07, 6.45) is 2.92. The lowest BCUT2D eigenvalue weighted by atomic mass is 9.66. The lowest BCUT2D eigenvalue weighted by molar-refractivity contribution is -0.157. The van der Waals surface area contributed by atoms with E-state index in [1.807, 2.05) is 24.3 Å². The molecular formula is C17H20N2O3. The second-order valence-electron chi connectivity index (χ2n) is 6.10. The molecule has 3 rings (SSSR count). The molecule has 0 aliphatic heterocycles. The summed E-state index contributed by atoms with van der Waals surface area (Å²) in [7, 11) is 0. The number of rotatable bonds is 6. The molecule has 1 amide bonds. The Kier molecular flexibility index (Phi) is 3.88. The van der Waals surface area contributed by atoms with E-state index in [4.69, 9.17) is 0 Å². The zero-order valence-electron chi connectivity index (χ0n) is 12.4. The fourth-order valence-corrected chi connectivity index (χ4v) is 3.04. The predicted molar refractivity (Wildman–Crippen MR) is 83.5 cm³/mol. The number of carbonyl (C=O) groups excluding carboxylic acids is 1. The maximum atomic E-state index is 11.9. The van der Waals surface area contributed by atoms with Gasteiger partial charge in [-0.05, 0) is 30.4 Å². The van der Waals surface area contributed by atoms with Crippen LogP contribution in [0.25, 0.3) is 10.9 Å². The van der Waals surface area contributed by atoms with Gasteiger partial charge in [-0.3, -0.25) is 9.59 Å². The smallest absolute Gasteiger partial charge is 0.310 e. The van der Waals surface area contributed by atoms with E-state index in [0.717, 1.165) is 23.0 Å². The van der Waals surface area contributed by atoms with E-state index >= 15 is 0 Å². The van der Waals surface area contributed by atoms with Gasteiger partial charge in [0.05, 0.1) is 5.41 Å². The van der Waals surface area contributed by atoms with Gasteiger partial charge in [0.25, 0.3) is 0 Å². The average Bonchev–Trinajstić information content (AvgIpc) is 2.85. The lowest BCUT2D eigenvalue weighted by Gasteiger charge is -2.36. The van der Waals surface area contributed by atoms with Crippen molar-refractivity contribution in [3.8, 4) is 0 Å². The summed E-state index contributed by atoms with van der Waals surface area (Å²) in [5.41, 5.74) is 1.34. The summed E-state index contributed by atoms with van der Waals surface area (Å²) in [6, 6.07) is 10.1. The summed E-state index contributed by atoms with van der Waals surface area (Å²) in [4.78, 5) is 26.5. The highest BCUT2D eigenvalue weighted by molar-refractivity contribution is 5.85. The van der Waals surface area contributed by atoms with Crippen LogP contribution in [-0.2, 0) is 16.0 Å². The van der Waals surface area contributed by atoms with Gasteiger partial charge >= 0.3 is 5.97 Å². The van der Waals surface area contributed by atoms with E-state index in [2.05, 4.69) is 16.4 Å². The van der Waals surface area contributed by atoms with Gasteiger partial charge in [0.15, 0.2) is 0 Å². The number of H-pyrrole nitrogens is 1. The number of fused-ring (bicyclic) bond motifs is 1. The number of nitrogens with one attached hydrogen (secondary N) is 2. The number of benzene rings is 1. The summed E-state index contributed by atoms with van der Waals surface area (Å²) in [5, 5.41) is 13.2. The molecule has 1 heterocycles. The molecule has 0 radical (unpaired) electrons. The van der Waals surface area contributed by atoms with E-state index in [-0.39, 0.29) is 12.3 Å². The number of aromatic nitrogens is 1. The first-order valence-corrected chi connectivity index (χ1v) is 7.66. The summed E-state index contributed by atoms with van der Waals surface area (Å²) in [6.45, 7) is 0.515. The number of amides is 1. The molecule has 1 aromatic heterocycles. The topological polar surface area (TPSA) is 82.2 Å². The standard InChI is InChI=1S/C17H20N2O3/c20-15(11-17(16(21)22)7-3-8-17)18-9-6-13-10-12-4-1-2-5-14(12)19-13/h1-2,4-5,10,19H,3,6-9,11H2,(H,18,20)(H,21,22). The van der Waals surface area contributed by atoms with Gasteiger partial charge in [-0.1, -0.05) is 24.6 Å². The highest BCUT2D eigenvalue weighted by Gasteiger charge is 2.45. The number of hydrogen-bond donors (Lipinski definition) is 3. The van der Waals surface area contributed by atoms with E-state index in [9.17, 15) is 14.7 Å². The van der Waals surface area contributed by atoms with E-state index in [1.54, 1.807) is 0 Å². The van der Waals surface area contributed by atoms with Crippen molar-refractivity contribution >= 4 is 22.8 Å². The third-order valence-electron chi connectivity index (χ3n) is 4.57. The second-order valence-corrected chi connectivity index (χ2v) is 6.10. The molecule has 0 spiro atoms. The fourth-order valence-electron chi connectivity index (χ4n) is 3.04. The van der Waals surface area contributed by atoms with Gasteiger partial charge in [0.1, 0.15) is 0 Å². The minimum Gasteiger partial charge on any atom is -0.481 e. The molecule has 0 saturated heterocycles. The van der Waals surface area contributed by atoms with E-state index in [1.165, 1.54) is 0 Å². The third-order valence-corrected chi connectivity index (χ3v) is 4.57. The molecule has 5 nitrogen and oxygen atoms in total. The predicted octanol–water partition coefficient (Wildman–Crippen LogP) is 2.47. The van der Waals surface area contributed by atoms with Crippen molar-refractivity contribution in [2.75, 3.05) is 6.54 Å². The van der Waals surface area contributed by atoms with Gasteiger partial charge < -0.3 is 15.4 Å². The van der Waals surface area contributed by atoms with Crippen LogP contribution in [0.5, 0.6) is 0 Å². The van der Waals surface area contributed by atoms with Crippen LogP contribution in [0.4, 0.5) is 0 Å². The molecule has 1 saturated carbocycles. The molecule has 5 heteroatoms. The molecule has 3 N–H and O–H groups in total. The van der Waals surface area contributed by atoms with Crippen molar-refractivity contribution in [3.05, 3.63) is 36.0 Å². The SMILES string of the molecule is O=C(CC1(C(=O)O)CCC1)NCCc1cc2ccccc2[nH]1. The molecule has 116 valence electrons. The summed E-state index contributed by atoms with van der Waals surface area (Å²) >= 11 is 0. The minimum absolute atomic E-state index is 0.0923. The quantitative estimate of drug-likeness (QED) is 0.766. The highest BCUT2D eigenvalue weighted by atomic mass is 16.4. The Morgan fingerprint density at radius 2 is 2.05 bits per heavy atom. The first kappa shape index (κ1) is 14.6. The van der Waals surface area contributed by atoms with Gasteiger partial charge in [-0.15, -0.1) is 0 Å². The first-order chi connectivity index (χ1) is 10.6. The van der Waals surface area contributed by atoms with Crippen LogP contribution in [0.1, 0.15) is 31.4 Å². The van der Waals surface area contributed by atoms with E-state index < -0.39 is 11.4 Å². The number of aliphatic carboxylic acids is 1. The van der Waals surface area contributed by atoms with Crippen LogP contribution in [0.3, 0.4) is 0 Å². The molecule has 1 aliphatic rings. The molecule has 0 bridgehead atoms. The van der Waals surface area contributed by atoms with Crippen molar-refractivity contribution in [2.24, 2.45) is 5.41 Å². The number of carbonyl (C=O) groups is 2. The average molecular weight is 300 g/mol. The van der Waals surface area contributed by atoms with Gasteiger partial charge in [-0.25, -0.2) is 0 Å². The van der Waals surface area contributed by atoms with Crippen LogP contribution in [0.2, 0.25) is 0 Å². The molecule has 1 aromatic carbocycles. The Balaban J connectivity index is 1.50. The Labute approximate surface area is 128 Å². The molecular weight excluding hydrogens is 280 g/mol. The van der Waals surface area contributed by atoms with Gasteiger partial charge in [0, 0.05) is 30.6 Å². The maximum Gasteiger partial charge on any atom is 0.310 e. The van der Waals surface area contributed by atoms with Crippen LogP contribution >= 0.6 is 0 Å². The van der Waals surface area contributed by atoms with Crippen molar-refractivity contribution < 1.29 is 14.7 Å². The number of carboxylic acid groups (broad SMARTS) is 1. The number of para-hydroxylation sites is 1. The lowest BCUT2D eigenvalue weighted by Crippen LogP contribution is -2.42. The summed E-state index contributed by atoms with van der Waals surface area (Å²) in [5.74, 6) is -1.01. The molecule has 0 atom stereocenters. The monoisotopic (exact) mass is 300 g/mol. The second kappa shape index (κ2) is 5.83. The summed E-state index contributed by atoms with van der Waals surface area (Å²) < 4.78 is 0.